The highest BCUT2D eigenvalue weighted by Crippen LogP contribution is 2.51. The first-order valence-corrected chi connectivity index (χ1v) is 9.93. The molecule has 2 aromatic rings. The van der Waals surface area contributed by atoms with E-state index in [4.69, 9.17) is 4.74 Å². The Balaban J connectivity index is 1.84. The number of imide groups is 1. The largest absolute Gasteiger partial charge is 0.508 e. The van der Waals surface area contributed by atoms with Crippen LogP contribution in [0.15, 0.2) is 48.5 Å². The number of aromatic hydroxyl groups is 1. The Morgan fingerprint density at radius 2 is 1.73 bits per heavy atom. The minimum Gasteiger partial charge on any atom is -0.508 e. The van der Waals surface area contributed by atoms with Crippen LogP contribution < -0.4 is 10.2 Å². The molecule has 2 aromatic carbocycles. The van der Waals surface area contributed by atoms with Crippen molar-refractivity contribution in [1.29, 1.82) is 0 Å². The van der Waals surface area contributed by atoms with Crippen molar-refractivity contribution < 1.29 is 24.2 Å². The molecule has 0 radical (unpaired) electrons. The third-order valence-corrected chi connectivity index (χ3v) is 6.31. The van der Waals surface area contributed by atoms with E-state index in [1.54, 1.807) is 31.2 Å². The Bertz CT molecular complexity index is 1000. The lowest BCUT2D eigenvalue weighted by Gasteiger charge is -2.31. The molecule has 0 saturated carbocycles. The number of benzene rings is 2. The number of esters is 1. The fourth-order valence-electron chi connectivity index (χ4n) is 4.76. The lowest BCUT2D eigenvalue weighted by molar-refractivity contribution is -0.152. The van der Waals surface area contributed by atoms with Crippen LogP contribution in [0.1, 0.15) is 30.5 Å². The third kappa shape index (κ3) is 2.81. The molecule has 2 heterocycles. The zero-order valence-corrected chi connectivity index (χ0v) is 17.1. The standard InChI is InChI=1S/C23H24N2O5/c1-4-23(22(29)30-3)18-17(19(24-23)14-7-11-16(26)12-8-14)20(27)25(21(18)28)15-9-5-13(2)6-10-15/h5-12,17-19,24,26H,4H2,1-3H3/t17-,18-,19-,23+/m0/s1. The van der Waals surface area contributed by atoms with Crippen LogP contribution in [-0.2, 0) is 19.1 Å². The number of hydrogen-bond donors (Lipinski definition) is 2. The van der Waals surface area contributed by atoms with Crippen molar-refractivity contribution in [3.63, 3.8) is 0 Å². The van der Waals surface area contributed by atoms with Crippen molar-refractivity contribution in [3.8, 4) is 5.75 Å². The molecule has 7 heteroatoms. The van der Waals surface area contributed by atoms with E-state index in [0.29, 0.717) is 11.3 Å². The fraction of sp³-hybridized carbons (Fsp3) is 0.348. The molecule has 2 aliphatic rings. The summed E-state index contributed by atoms with van der Waals surface area (Å²) in [6.45, 7) is 3.72. The van der Waals surface area contributed by atoms with Gasteiger partial charge >= 0.3 is 5.97 Å². The van der Waals surface area contributed by atoms with Crippen molar-refractivity contribution in [2.75, 3.05) is 12.0 Å². The average Bonchev–Trinajstić information content (AvgIpc) is 3.23. The van der Waals surface area contributed by atoms with Crippen molar-refractivity contribution in [3.05, 3.63) is 59.7 Å². The minimum absolute atomic E-state index is 0.0955. The average molecular weight is 408 g/mol. The molecule has 2 amide bonds. The van der Waals surface area contributed by atoms with E-state index in [0.717, 1.165) is 5.56 Å². The quantitative estimate of drug-likeness (QED) is 0.596. The first-order chi connectivity index (χ1) is 14.3. The van der Waals surface area contributed by atoms with E-state index in [9.17, 15) is 19.5 Å². The van der Waals surface area contributed by atoms with Gasteiger partial charge in [-0.05, 0) is 43.2 Å². The highest BCUT2D eigenvalue weighted by atomic mass is 16.5. The van der Waals surface area contributed by atoms with E-state index < -0.39 is 35.3 Å². The topological polar surface area (TPSA) is 95.9 Å². The fourth-order valence-corrected chi connectivity index (χ4v) is 4.76. The van der Waals surface area contributed by atoms with E-state index in [2.05, 4.69) is 5.32 Å². The number of anilines is 1. The van der Waals surface area contributed by atoms with Crippen molar-refractivity contribution in [2.24, 2.45) is 11.8 Å². The maximum atomic E-state index is 13.5. The maximum absolute atomic E-state index is 13.5. The van der Waals surface area contributed by atoms with Gasteiger partial charge in [0.1, 0.15) is 11.3 Å². The number of phenols is 1. The van der Waals surface area contributed by atoms with Crippen LogP contribution in [0, 0.1) is 18.8 Å². The normalized spacial score (nSPS) is 28.0. The van der Waals surface area contributed by atoms with Gasteiger partial charge in [-0.15, -0.1) is 0 Å². The van der Waals surface area contributed by atoms with Gasteiger partial charge < -0.3 is 9.84 Å². The number of ether oxygens (including phenoxy) is 1. The Morgan fingerprint density at radius 3 is 2.30 bits per heavy atom. The molecule has 2 aliphatic heterocycles. The van der Waals surface area contributed by atoms with Crippen LogP contribution in [0.2, 0.25) is 0 Å². The molecule has 2 saturated heterocycles. The van der Waals surface area contributed by atoms with Crippen LogP contribution in [0.3, 0.4) is 0 Å². The first kappa shape index (κ1) is 20.1. The van der Waals surface area contributed by atoms with Gasteiger partial charge in [-0.25, -0.2) is 4.90 Å². The van der Waals surface area contributed by atoms with Gasteiger partial charge in [0.05, 0.1) is 24.6 Å². The second-order valence-electron chi connectivity index (χ2n) is 7.88. The molecule has 156 valence electrons. The van der Waals surface area contributed by atoms with Crippen LogP contribution >= 0.6 is 0 Å². The summed E-state index contributed by atoms with van der Waals surface area (Å²) in [4.78, 5) is 41.1. The Labute approximate surface area is 174 Å². The first-order valence-electron chi connectivity index (χ1n) is 9.93. The molecular formula is C23H24N2O5. The molecule has 4 rings (SSSR count). The molecule has 0 unspecified atom stereocenters. The predicted molar refractivity (Wildman–Crippen MR) is 110 cm³/mol. The summed E-state index contributed by atoms with van der Waals surface area (Å²) in [5.41, 5.74) is 0.908. The van der Waals surface area contributed by atoms with Crippen molar-refractivity contribution >= 4 is 23.5 Å². The molecule has 30 heavy (non-hydrogen) atoms. The molecule has 0 spiro atoms. The molecule has 4 atom stereocenters. The number of hydrogen-bond acceptors (Lipinski definition) is 6. The SMILES string of the molecule is CC[C@@]1(C(=O)OC)N[C@@H](c2ccc(O)cc2)[C@H]2C(=O)N(c3ccc(C)cc3)C(=O)[C@H]21. The summed E-state index contributed by atoms with van der Waals surface area (Å²) in [5.74, 6) is -2.87. The number of phenolic OH excluding ortho intramolecular Hbond substituents is 1. The molecule has 0 aliphatic carbocycles. The molecule has 0 bridgehead atoms. The Kier molecular flexibility index (Phi) is 4.86. The van der Waals surface area contributed by atoms with E-state index in [-0.39, 0.29) is 18.1 Å². The molecule has 0 aromatic heterocycles. The zero-order chi connectivity index (χ0) is 21.6. The molecule has 2 N–H and O–H groups in total. The summed E-state index contributed by atoms with van der Waals surface area (Å²) in [6, 6.07) is 13.0. The van der Waals surface area contributed by atoms with E-state index in [1.807, 2.05) is 19.1 Å². The van der Waals surface area contributed by atoms with Crippen LogP contribution in [0.5, 0.6) is 5.75 Å². The number of fused-ring (bicyclic) bond motifs is 1. The van der Waals surface area contributed by atoms with Gasteiger partial charge in [-0.3, -0.25) is 19.7 Å². The van der Waals surface area contributed by atoms with Crippen LogP contribution in [-0.4, -0.2) is 35.5 Å². The maximum Gasteiger partial charge on any atom is 0.326 e. The number of amides is 2. The molecular weight excluding hydrogens is 384 g/mol. The predicted octanol–water partition coefficient (Wildman–Crippen LogP) is 2.47. The van der Waals surface area contributed by atoms with Gasteiger partial charge in [0, 0.05) is 6.04 Å². The lowest BCUT2D eigenvalue weighted by Crippen LogP contribution is -2.55. The summed E-state index contributed by atoms with van der Waals surface area (Å²) in [6.07, 6.45) is 0.288. The lowest BCUT2D eigenvalue weighted by atomic mass is 9.78. The summed E-state index contributed by atoms with van der Waals surface area (Å²) in [7, 11) is 1.28. The summed E-state index contributed by atoms with van der Waals surface area (Å²) < 4.78 is 5.06. The Hall–Kier alpha value is -3.19. The smallest absolute Gasteiger partial charge is 0.326 e. The number of methoxy groups -OCH3 is 1. The highest BCUT2D eigenvalue weighted by Gasteiger charge is 2.68. The monoisotopic (exact) mass is 408 g/mol. The number of rotatable bonds is 4. The minimum atomic E-state index is -1.31. The highest BCUT2D eigenvalue weighted by molar-refractivity contribution is 6.24. The number of nitrogens with zero attached hydrogens (tertiary/aromatic N) is 1. The van der Waals surface area contributed by atoms with Gasteiger partial charge in [0.2, 0.25) is 11.8 Å². The van der Waals surface area contributed by atoms with Gasteiger partial charge in [-0.2, -0.15) is 0 Å². The Morgan fingerprint density at radius 1 is 1.10 bits per heavy atom. The van der Waals surface area contributed by atoms with Gasteiger partial charge in [0.15, 0.2) is 0 Å². The van der Waals surface area contributed by atoms with E-state index in [1.165, 1.54) is 24.1 Å². The number of nitrogens with one attached hydrogen (secondary N) is 1. The van der Waals surface area contributed by atoms with Gasteiger partial charge in [-0.1, -0.05) is 36.8 Å². The van der Waals surface area contributed by atoms with Crippen LogP contribution in [0.4, 0.5) is 5.69 Å². The summed E-state index contributed by atoms with van der Waals surface area (Å²) >= 11 is 0. The summed E-state index contributed by atoms with van der Waals surface area (Å²) in [5, 5.41) is 12.9. The van der Waals surface area contributed by atoms with Crippen molar-refractivity contribution in [2.45, 2.75) is 31.8 Å². The zero-order valence-electron chi connectivity index (χ0n) is 17.1. The number of carbonyl (C=O) groups excluding carboxylic acids is 3. The van der Waals surface area contributed by atoms with Gasteiger partial charge in [0.25, 0.3) is 0 Å². The molecule has 2 fully saturated rings. The number of carbonyl (C=O) groups is 3. The number of aryl methyl sites for hydroxylation is 1. The van der Waals surface area contributed by atoms with Crippen LogP contribution in [0.25, 0.3) is 0 Å². The molecule has 7 nitrogen and oxygen atoms in total. The second-order valence-corrected chi connectivity index (χ2v) is 7.88. The third-order valence-electron chi connectivity index (χ3n) is 6.31. The van der Waals surface area contributed by atoms with Crippen molar-refractivity contribution in [1.82, 2.24) is 5.32 Å². The van der Waals surface area contributed by atoms with E-state index >= 15 is 0 Å². The second kappa shape index (κ2) is 7.25.